The fourth-order valence-electron chi connectivity index (χ4n) is 1.51. The first-order valence-electron chi connectivity index (χ1n) is 5.72. The predicted octanol–water partition coefficient (Wildman–Crippen LogP) is 3.59. The Labute approximate surface area is 118 Å². The lowest BCUT2D eigenvalue weighted by atomic mass is 10.3. The van der Waals surface area contributed by atoms with Crippen LogP contribution in [0.15, 0.2) is 48.5 Å². The van der Waals surface area contributed by atoms with Gasteiger partial charge in [0.05, 0.1) is 0 Å². The number of hydrogen-bond donors (Lipinski definition) is 2. The van der Waals surface area contributed by atoms with Crippen molar-refractivity contribution in [1.29, 1.82) is 0 Å². The summed E-state index contributed by atoms with van der Waals surface area (Å²) in [6.07, 6.45) is -2.82. The SMILES string of the molecule is O=C(O)Oc1ccc(Oc2cccc(OC(=O)O)c2)cc1. The van der Waals surface area contributed by atoms with E-state index in [4.69, 9.17) is 14.9 Å². The lowest BCUT2D eigenvalue weighted by Crippen LogP contribution is -2.03. The summed E-state index contributed by atoms with van der Waals surface area (Å²) >= 11 is 0. The van der Waals surface area contributed by atoms with Crippen LogP contribution in [0.1, 0.15) is 0 Å². The molecule has 0 saturated heterocycles. The third-order valence-electron chi connectivity index (χ3n) is 2.28. The Bertz CT molecular complexity index is 649. The highest BCUT2D eigenvalue weighted by molar-refractivity contribution is 5.62. The highest BCUT2D eigenvalue weighted by Gasteiger charge is 2.05. The summed E-state index contributed by atoms with van der Waals surface area (Å²) in [5.41, 5.74) is 0. The summed E-state index contributed by atoms with van der Waals surface area (Å²) in [4.78, 5) is 20.8. The maximum atomic E-state index is 10.4. The summed E-state index contributed by atoms with van der Waals surface area (Å²) in [6.45, 7) is 0. The van der Waals surface area contributed by atoms with Crippen LogP contribution >= 0.6 is 0 Å². The van der Waals surface area contributed by atoms with Crippen LogP contribution in [0, 0.1) is 0 Å². The van der Waals surface area contributed by atoms with E-state index in [1.807, 2.05) is 0 Å². The molecule has 2 aromatic rings. The molecule has 2 rings (SSSR count). The molecule has 0 saturated carbocycles. The minimum atomic E-state index is -1.41. The molecule has 0 aliphatic heterocycles. The first-order valence-corrected chi connectivity index (χ1v) is 5.72. The molecule has 108 valence electrons. The van der Waals surface area contributed by atoms with Gasteiger partial charge in [-0.1, -0.05) is 6.07 Å². The molecule has 0 unspecified atom stereocenters. The molecule has 0 aromatic heterocycles. The summed E-state index contributed by atoms with van der Waals surface area (Å²) in [5.74, 6) is 1.10. The minimum absolute atomic E-state index is 0.130. The van der Waals surface area contributed by atoms with Crippen LogP contribution < -0.4 is 14.2 Å². The molecule has 7 nitrogen and oxygen atoms in total. The molecular weight excluding hydrogens is 280 g/mol. The number of ether oxygens (including phenoxy) is 3. The second-order valence-electron chi connectivity index (χ2n) is 3.78. The van der Waals surface area contributed by atoms with E-state index in [0.717, 1.165) is 0 Å². The Morgan fingerprint density at radius 2 is 1.24 bits per heavy atom. The van der Waals surface area contributed by atoms with E-state index in [1.165, 1.54) is 36.4 Å². The second-order valence-corrected chi connectivity index (χ2v) is 3.78. The molecule has 0 atom stereocenters. The lowest BCUT2D eigenvalue weighted by molar-refractivity contribution is 0.143. The van der Waals surface area contributed by atoms with Crippen LogP contribution in [-0.2, 0) is 0 Å². The maximum absolute atomic E-state index is 10.4. The highest BCUT2D eigenvalue weighted by atomic mass is 16.7. The number of hydrogen-bond acceptors (Lipinski definition) is 5. The number of carboxylic acid groups (broad SMARTS) is 2. The summed E-state index contributed by atoms with van der Waals surface area (Å²) in [5, 5.41) is 17.0. The zero-order chi connectivity index (χ0) is 15.2. The standard InChI is InChI=1S/C14H10O7/c15-13(16)20-10-6-4-9(5-7-10)19-11-2-1-3-12(8-11)21-14(17)18/h1-8H,(H,15,16)(H,17,18). The first-order chi connectivity index (χ1) is 10.0. The minimum Gasteiger partial charge on any atom is -0.457 e. The van der Waals surface area contributed by atoms with Gasteiger partial charge >= 0.3 is 12.3 Å². The lowest BCUT2D eigenvalue weighted by Gasteiger charge is -2.07. The summed E-state index contributed by atoms with van der Waals surface area (Å²) < 4.78 is 14.4. The second kappa shape index (κ2) is 6.29. The van der Waals surface area contributed by atoms with Crippen LogP contribution in [-0.4, -0.2) is 22.5 Å². The smallest absolute Gasteiger partial charge is 0.457 e. The van der Waals surface area contributed by atoms with Crippen molar-refractivity contribution in [2.24, 2.45) is 0 Å². The molecule has 0 aliphatic carbocycles. The normalized spacial score (nSPS) is 9.71. The van der Waals surface area contributed by atoms with Gasteiger partial charge in [0, 0.05) is 6.07 Å². The van der Waals surface area contributed by atoms with Crippen molar-refractivity contribution < 1.29 is 34.0 Å². The predicted molar refractivity (Wildman–Crippen MR) is 70.3 cm³/mol. The average Bonchev–Trinajstić information content (AvgIpc) is 2.40. The van der Waals surface area contributed by atoms with E-state index in [2.05, 4.69) is 9.47 Å². The van der Waals surface area contributed by atoms with Crippen LogP contribution in [0.4, 0.5) is 9.59 Å². The van der Waals surface area contributed by atoms with Gasteiger partial charge in [0.15, 0.2) is 0 Å². The van der Waals surface area contributed by atoms with E-state index >= 15 is 0 Å². The van der Waals surface area contributed by atoms with Crippen LogP contribution in [0.2, 0.25) is 0 Å². The molecule has 0 radical (unpaired) electrons. The third kappa shape index (κ3) is 4.43. The van der Waals surface area contributed by atoms with E-state index < -0.39 is 12.3 Å². The van der Waals surface area contributed by atoms with Crippen LogP contribution in [0.5, 0.6) is 23.0 Å². The quantitative estimate of drug-likeness (QED) is 0.655. The first kappa shape index (κ1) is 14.2. The van der Waals surface area contributed by atoms with Gasteiger partial charge in [-0.15, -0.1) is 0 Å². The third-order valence-corrected chi connectivity index (χ3v) is 2.28. The van der Waals surface area contributed by atoms with Crippen LogP contribution in [0.25, 0.3) is 0 Å². The molecule has 0 bridgehead atoms. The summed E-state index contributed by atoms with van der Waals surface area (Å²) in [7, 11) is 0. The number of rotatable bonds is 4. The highest BCUT2D eigenvalue weighted by Crippen LogP contribution is 2.26. The summed E-state index contributed by atoms with van der Waals surface area (Å²) in [6, 6.07) is 12.0. The van der Waals surface area contributed by atoms with Gasteiger partial charge in [0.2, 0.25) is 0 Å². The molecule has 0 amide bonds. The van der Waals surface area contributed by atoms with E-state index in [0.29, 0.717) is 11.5 Å². The number of benzene rings is 2. The molecule has 2 N–H and O–H groups in total. The largest absolute Gasteiger partial charge is 0.511 e. The van der Waals surface area contributed by atoms with E-state index in [1.54, 1.807) is 12.1 Å². The molecule has 0 spiro atoms. The average molecular weight is 290 g/mol. The zero-order valence-electron chi connectivity index (χ0n) is 10.6. The van der Waals surface area contributed by atoms with Crippen LogP contribution in [0.3, 0.4) is 0 Å². The van der Waals surface area contributed by atoms with E-state index in [9.17, 15) is 9.59 Å². The fourth-order valence-corrected chi connectivity index (χ4v) is 1.51. The molecule has 0 heterocycles. The van der Waals surface area contributed by atoms with Gasteiger partial charge in [-0.05, 0) is 36.4 Å². The Morgan fingerprint density at radius 3 is 1.86 bits per heavy atom. The van der Waals surface area contributed by atoms with Crippen molar-refractivity contribution >= 4 is 12.3 Å². The topological polar surface area (TPSA) is 102 Å². The van der Waals surface area contributed by atoms with Gasteiger partial charge in [-0.2, -0.15) is 0 Å². The molecule has 0 fully saturated rings. The Morgan fingerprint density at radius 1 is 0.714 bits per heavy atom. The molecule has 7 heteroatoms. The van der Waals surface area contributed by atoms with Gasteiger partial charge in [0.1, 0.15) is 23.0 Å². The molecule has 0 aliphatic rings. The van der Waals surface area contributed by atoms with E-state index in [-0.39, 0.29) is 11.5 Å². The Balaban J connectivity index is 2.07. The van der Waals surface area contributed by atoms with Crippen molar-refractivity contribution in [3.63, 3.8) is 0 Å². The Kier molecular flexibility index (Phi) is 4.25. The van der Waals surface area contributed by atoms with Crippen molar-refractivity contribution in [1.82, 2.24) is 0 Å². The van der Waals surface area contributed by atoms with Gasteiger partial charge < -0.3 is 24.4 Å². The van der Waals surface area contributed by atoms with Crippen molar-refractivity contribution in [3.05, 3.63) is 48.5 Å². The van der Waals surface area contributed by atoms with Crippen molar-refractivity contribution in [2.75, 3.05) is 0 Å². The monoisotopic (exact) mass is 290 g/mol. The maximum Gasteiger partial charge on any atom is 0.511 e. The number of carbonyl (C=O) groups is 2. The van der Waals surface area contributed by atoms with Crippen molar-refractivity contribution in [2.45, 2.75) is 0 Å². The van der Waals surface area contributed by atoms with Gasteiger partial charge in [-0.25, -0.2) is 9.59 Å². The van der Waals surface area contributed by atoms with Crippen molar-refractivity contribution in [3.8, 4) is 23.0 Å². The molecule has 21 heavy (non-hydrogen) atoms. The Hall–Kier alpha value is -3.22. The van der Waals surface area contributed by atoms with Gasteiger partial charge in [0.25, 0.3) is 0 Å². The fraction of sp³-hybridized carbons (Fsp3) is 0. The van der Waals surface area contributed by atoms with Gasteiger partial charge in [-0.3, -0.25) is 0 Å². The molecule has 2 aromatic carbocycles. The zero-order valence-corrected chi connectivity index (χ0v) is 10.6. The molecular formula is C14H10O7.